The third kappa shape index (κ3) is 2.91. The summed E-state index contributed by atoms with van der Waals surface area (Å²) in [6, 6.07) is 11.7. The summed E-state index contributed by atoms with van der Waals surface area (Å²) in [5.41, 5.74) is 7.37. The molecule has 94 valence electrons. The zero-order valence-electron chi connectivity index (χ0n) is 9.93. The zero-order valence-corrected chi connectivity index (χ0v) is 9.93. The van der Waals surface area contributed by atoms with Crippen LogP contribution in [0, 0.1) is 0 Å². The summed E-state index contributed by atoms with van der Waals surface area (Å²) >= 11 is 0. The molecular weight excluding hydrogens is 230 g/mol. The van der Waals surface area contributed by atoms with Crippen LogP contribution in [0.5, 0.6) is 0 Å². The second-order valence-electron chi connectivity index (χ2n) is 4.15. The van der Waals surface area contributed by atoms with E-state index in [4.69, 9.17) is 15.3 Å². The van der Waals surface area contributed by atoms with Crippen molar-refractivity contribution in [3.05, 3.63) is 53.3 Å². The predicted octanol–water partition coefficient (Wildman–Crippen LogP) is 2.74. The number of nitrogen functional groups attached to an aromatic ring is 1. The maximum absolute atomic E-state index is 10.9. The molecule has 0 amide bonds. The summed E-state index contributed by atoms with van der Waals surface area (Å²) in [5.74, 6) is -0.955. The first kappa shape index (κ1) is 12.2. The summed E-state index contributed by atoms with van der Waals surface area (Å²) in [4.78, 5) is 10.9. The van der Waals surface area contributed by atoms with Gasteiger partial charge in [-0.2, -0.15) is 0 Å². The molecule has 4 heteroatoms. The third-order valence-electron chi connectivity index (χ3n) is 2.78. The molecule has 0 aliphatic heterocycles. The summed E-state index contributed by atoms with van der Waals surface area (Å²) in [6.07, 6.45) is 2.42. The highest BCUT2D eigenvalue weighted by Gasteiger charge is 2.15. The van der Waals surface area contributed by atoms with Crippen LogP contribution in [0.25, 0.3) is 0 Å². The van der Waals surface area contributed by atoms with Crippen LogP contribution in [0.1, 0.15) is 28.1 Å². The number of aryl methyl sites for hydroxylation is 2. The second-order valence-corrected chi connectivity index (χ2v) is 4.15. The van der Waals surface area contributed by atoms with Gasteiger partial charge in [0.15, 0.2) is 5.88 Å². The van der Waals surface area contributed by atoms with E-state index in [9.17, 15) is 4.79 Å². The van der Waals surface area contributed by atoms with Gasteiger partial charge in [-0.1, -0.05) is 30.3 Å². The molecule has 1 aromatic heterocycles. The fourth-order valence-electron chi connectivity index (χ4n) is 1.94. The smallest absolute Gasteiger partial charge is 0.372 e. The van der Waals surface area contributed by atoms with Crippen molar-refractivity contribution >= 4 is 11.9 Å². The molecule has 0 atom stereocenters. The highest BCUT2D eigenvalue weighted by atomic mass is 16.4. The number of furan rings is 1. The second kappa shape index (κ2) is 5.40. The fraction of sp³-hybridized carbons (Fsp3) is 0.214. The average molecular weight is 245 g/mol. The molecular formula is C14H15NO3. The van der Waals surface area contributed by atoms with Gasteiger partial charge in [0.25, 0.3) is 0 Å². The maximum Gasteiger partial charge on any atom is 0.372 e. The molecule has 0 radical (unpaired) electrons. The van der Waals surface area contributed by atoms with Crippen LogP contribution in [-0.4, -0.2) is 11.1 Å². The van der Waals surface area contributed by atoms with Gasteiger partial charge in [0.05, 0.1) is 0 Å². The Morgan fingerprint density at radius 1 is 1.22 bits per heavy atom. The first-order chi connectivity index (χ1) is 8.66. The van der Waals surface area contributed by atoms with Gasteiger partial charge in [0.2, 0.25) is 5.76 Å². The third-order valence-corrected chi connectivity index (χ3v) is 2.78. The monoisotopic (exact) mass is 245 g/mol. The van der Waals surface area contributed by atoms with Crippen LogP contribution >= 0.6 is 0 Å². The highest BCUT2D eigenvalue weighted by Crippen LogP contribution is 2.19. The lowest BCUT2D eigenvalue weighted by atomic mass is 10.0. The van der Waals surface area contributed by atoms with Crippen LogP contribution in [0.3, 0.4) is 0 Å². The normalized spacial score (nSPS) is 10.4. The van der Waals surface area contributed by atoms with Crippen LogP contribution in [0.4, 0.5) is 5.88 Å². The Morgan fingerprint density at radius 3 is 2.61 bits per heavy atom. The lowest BCUT2D eigenvalue weighted by molar-refractivity contribution is 0.0662. The Bertz CT molecular complexity index is 531. The van der Waals surface area contributed by atoms with E-state index in [0.717, 1.165) is 12.8 Å². The lowest BCUT2D eigenvalue weighted by Gasteiger charge is -2.00. The number of carboxylic acid groups (broad SMARTS) is 1. The summed E-state index contributed by atoms with van der Waals surface area (Å²) < 4.78 is 4.96. The van der Waals surface area contributed by atoms with Crippen molar-refractivity contribution in [1.82, 2.24) is 0 Å². The van der Waals surface area contributed by atoms with Gasteiger partial charge in [-0.3, -0.25) is 0 Å². The molecule has 0 aliphatic rings. The van der Waals surface area contributed by atoms with Crippen molar-refractivity contribution in [3.63, 3.8) is 0 Å². The zero-order chi connectivity index (χ0) is 13.0. The first-order valence-electron chi connectivity index (χ1n) is 5.82. The predicted molar refractivity (Wildman–Crippen MR) is 68.5 cm³/mol. The number of rotatable bonds is 5. The Hall–Kier alpha value is -2.23. The summed E-state index contributed by atoms with van der Waals surface area (Å²) in [6.45, 7) is 0. The number of carbonyl (C=O) groups is 1. The van der Waals surface area contributed by atoms with Crippen molar-refractivity contribution in [3.8, 4) is 0 Å². The molecule has 2 aromatic rings. The lowest BCUT2D eigenvalue weighted by Crippen LogP contribution is -1.99. The van der Waals surface area contributed by atoms with Gasteiger partial charge in [0, 0.05) is 11.6 Å². The number of anilines is 1. The first-order valence-corrected chi connectivity index (χ1v) is 5.82. The standard InChI is InChI=1S/C14H15NO3/c15-12-9-11(13(18-12)14(16)17)8-4-7-10-5-2-1-3-6-10/h1-3,5-6,9H,4,7-8,15H2,(H,16,17). The molecule has 0 saturated carbocycles. The van der Waals surface area contributed by atoms with Gasteiger partial charge in [0.1, 0.15) is 0 Å². The average Bonchev–Trinajstić information content (AvgIpc) is 2.72. The Kier molecular flexibility index (Phi) is 3.67. The van der Waals surface area contributed by atoms with Crippen LogP contribution in [0.2, 0.25) is 0 Å². The molecule has 3 N–H and O–H groups in total. The number of aromatic carboxylic acids is 1. The Labute approximate surface area is 105 Å². The van der Waals surface area contributed by atoms with Crippen molar-refractivity contribution < 1.29 is 14.3 Å². The minimum Gasteiger partial charge on any atom is -0.475 e. The van der Waals surface area contributed by atoms with E-state index in [2.05, 4.69) is 12.1 Å². The summed E-state index contributed by atoms with van der Waals surface area (Å²) in [5, 5.41) is 8.95. The highest BCUT2D eigenvalue weighted by molar-refractivity contribution is 5.86. The SMILES string of the molecule is Nc1cc(CCCc2ccccc2)c(C(=O)O)o1. The number of nitrogens with two attached hydrogens (primary N) is 1. The van der Waals surface area contributed by atoms with E-state index < -0.39 is 5.97 Å². The van der Waals surface area contributed by atoms with Crippen LogP contribution < -0.4 is 5.73 Å². The topological polar surface area (TPSA) is 76.5 Å². The van der Waals surface area contributed by atoms with E-state index >= 15 is 0 Å². The van der Waals surface area contributed by atoms with Gasteiger partial charge < -0.3 is 15.3 Å². The van der Waals surface area contributed by atoms with Crippen LogP contribution in [0.15, 0.2) is 40.8 Å². The molecule has 0 bridgehead atoms. The van der Waals surface area contributed by atoms with Crippen molar-refractivity contribution in [1.29, 1.82) is 0 Å². The van der Waals surface area contributed by atoms with Gasteiger partial charge in [-0.05, 0) is 24.8 Å². The van der Waals surface area contributed by atoms with E-state index in [1.165, 1.54) is 5.56 Å². The largest absolute Gasteiger partial charge is 0.475 e. The number of hydrogen-bond acceptors (Lipinski definition) is 3. The minimum absolute atomic E-state index is 0.0411. The van der Waals surface area contributed by atoms with Gasteiger partial charge >= 0.3 is 5.97 Å². The summed E-state index contributed by atoms with van der Waals surface area (Å²) in [7, 11) is 0. The fourth-order valence-corrected chi connectivity index (χ4v) is 1.94. The maximum atomic E-state index is 10.9. The van der Waals surface area contributed by atoms with Crippen LogP contribution in [-0.2, 0) is 12.8 Å². The van der Waals surface area contributed by atoms with Gasteiger partial charge in [-0.25, -0.2) is 4.79 Å². The molecule has 1 aromatic carbocycles. The molecule has 4 nitrogen and oxygen atoms in total. The Morgan fingerprint density at radius 2 is 1.94 bits per heavy atom. The molecule has 1 heterocycles. The molecule has 0 aliphatic carbocycles. The van der Waals surface area contributed by atoms with E-state index in [-0.39, 0.29) is 11.6 Å². The van der Waals surface area contributed by atoms with E-state index in [0.29, 0.717) is 12.0 Å². The number of benzene rings is 1. The molecule has 0 unspecified atom stereocenters. The van der Waals surface area contributed by atoms with Crippen molar-refractivity contribution in [2.24, 2.45) is 0 Å². The van der Waals surface area contributed by atoms with Crippen molar-refractivity contribution in [2.45, 2.75) is 19.3 Å². The molecule has 18 heavy (non-hydrogen) atoms. The molecule has 0 saturated heterocycles. The Balaban J connectivity index is 1.96. The van der Waals surface area contributed by atoms with E-state index in [1.807, 2.05) is 18.2 Å². The number of hydrogen-bond donors (Lipinski definition) is 2. The van der Waals surface area contributed by atoms with Gasteiger partial charge in [-0.15, -0.1) is 0 Å². The molecule has 0 fully saturated rings. The molecule has 2 rings (SSSR count). The van der Waals surface area contributed by atoms with Crippen molar-refractivity contribution in [2.75, 3.05) is 5.73 Å². The van der Waals surface area contributed by atoms with E-state index in [1.54, 1.807) is 6.07 Å². The molecule has 0 spiro atoms. The quantitative estimate of drug-likeness (QED) is 0.849. The number of carboxylic acids is 1. The minimum atomic E-state index is -1.07.